The Morgan fingerprint density at radius 3 is 2.80 bits per heavy atom. The highest BCUT2D eigenvalue weighted by atomic mass is 19.3. The standard InChI is InChI=1S/C11H13F2NO/c1-15-8-3-2-7-4-5-11(14,10(12)13)9(7)6-8/h2-3,6,10H,4-5,14H2,1H3. The van der Waals surface area contributed by atoms with Crippen LogP contribution in [0.5, 0.6) is 5.75 Å². The highest BCUT2D eigenvalue weighted by Gasteiger charge is 2.43. The molecule has 0 aromatic heterocycles. The zero-order valence-corrected chi connectivity index (χ0v) is 8.47. The van der Waals surface area contributed by atoms with E-state index >= 15 is 0 Å². The summed E-state index contributed by atoms with van der Waals surface area (Å²) in [5, 5.41) is 0. The molecule has 82 valence electrons. The van der Waals surface area contributed by atoms with Crippen LogP contribution >= 0.6 is 0 Å². The maximum absolute atomic E-state index is 12.9. The molecule has 15 heavy (non-hydrogen) atoms. The van der Waals surface area contributed by atoms with Crippen LogP contribution in [0.15, 0.2) is 18.2 Å². The Balaban J connectivity index is 2.48. The van der Waals surface area contributed by atoms with Crippen molar-refractivity contribution in [1.29, 1.82) is 0 Å². The number of ether oxygens (including phenoxy) is 1. The van der Waals surface area contributed by atoms with Gasteiger partial charge in [0.05, 0.1) is 7.11 Å². The second-order valence-electron chi connectivity index (χ2n) is 3.86. The maximum atomic E-state index is 12.9. The molecule has 1 aliphatic rings. The van der Waals surface area contributed by atoms with Crippen LogP contribution in [0.3, 0.4) is 0 Å². The molecule has 2 nitrogen and oxygen atoms in total. The Kier molecular flexibility index (Phi) is 2.38. The predicted octanol–water partition coefficient (Wildman–Crippen LogP) is 2.06. The van der Waals surface area contributed by atoms with Crippen molar-refractivity contribution in [1.82, 2.24) is 0 Å². The number of methoxy groups -OCH3 is 1. The number of halogens is 2. The first-order valence-corrected chi connectivity index (χ1v) is 4.82. The quantitative estimate of drug-likeness (QED) is 0.816. The number of nitrogens with two attached hydrogens (primary N) is 1. The molecule has 1 atom stereocenters. The molecule has 0 spiro atoms. The first-order chi connectivity index (χ1) is 7.08. The van der Waals surface area contributed by atoms with Crippen LogP contribution < -0.4 is 10.5 Å². The molecular weight excluding hydrogens is 200 g/mol. The monoisotopic (exact) mass is 213 g/mol. The molecule has 0 saturated heterocycles. The molecule has 0 bridgehead atoms. The predicted molar refractivity (Wildman–Crippen MR) is 53.2 cm³/mol. The van der Waals surface area contributed by atoms with Gasteiger partial charge in [0.25, 0.3) is 6.43 Å². The van der Waals surface area contributed by atoms with Crippen molar-refractivity contribution in [2.24, 2.45) is 5.73 Å². The molecule has 2 rings (SSSR count). The first kappa shape index (κ1) is 10.4. The number of hydrogen-bond donors (Lipinski definition) is 1. The van der Waals surface area contributed by atoms with Crippen molar-refractivity contribution in [2.45, 2.75) is 24.8 Å². The van der Waals surface area contributed by atoms with Gasteiger partial charge in [-0.05, 0) is 36.1 Å². The fourth-order valence-electron chi connectivity index (χ4n) is 2.04. The Morgan fingerprint density at radius 1 is 1.47 bits per heavy atom. The fourth-order valence-corrected chi connectivity index (χ4v) is 2.04. The van der Waals surface area contributed by atoms with Crippen molar-refractivity contribution >= 4 is 0 Å². The molecule has 0 fully saturated rings. The number of hydrogen-bond acceptors (Lipinski definition) is 2. The van der Waals surface area contributed by atoms with Crippen LogP contribution in [0, 0.1) is 0 Å². The van der Waals surface area contributed by atoms with Gasteiger partial charge in [-0.3, -0.25) is 0 Å². The smallest absolute Gasteiger partial charge is 0.260 e. The van der Waals surface area contributed by atoms with E-state index in [4.69, 9.17) is 10.5 Å². The van der Waals surface area contributed by atoms with Crippen molar-refractivity contribution in [3.63, 3.8) is 0 Å². The highest BCUT2D eigenvalue weighted by molar-refractivity contribution is 5.44. The zero-order valence-electron chi connectivity index (χ0n) is 8.47. The molecule has 1 aromatic carbocycles. The maximum Gasteiger partial charge on any atom is 0.260 e. The van der Waals surface area contributed by atoms with Gasteiger partial charge in [0, 0.05) is 0 Å². The van der Waals surface area contributed by atoms with E-state index < -0.39 is 12.0 Å². The second-order valence-corrected chi connectivity index (χ2v) is 3.86. The minimum Gasteiger partial charge on any atom is -0.497 e. The molecule has 1 aliphatic carbocycles. The fraction of sp³-hybridized carbons (Fsp3) is 0.455. The Bertz CT molecular complexity index is 381. The van der Waals surface area contributed by atoms with Gasteiger partial charge in [-0.2, -0.15) is 0 Å². The van der Waals surface area contributed by atoms with Crippen LogP contribution in [0.4, 0.5) is 8.78 Å². The Morgan fingerprint density at radius 2 is 2.20 bits per heavy atom. The molecule has 0 saturated carbocycles. The SMILES string of the molecule is COc1ccc2c(c1)C(N)(C(F)F)CC2. The summed E-state index contributed by atoms with van der Waals surface area (Å²) in [5.74, 6) is 0.575. The summed E-state index contributed by atoms with van der Waals surface area (Å²) >= 11 is 0. The number of aryl methyl sites for hydroxylation is 1. The van der Waals surface area contributed by atoms with E-state index in [-0.39, 0.29) is 0 Å². The Hall–Kier alpha value is -1.16. The van der Waals surface area contributed by atoms with Crippen LogP contribution in [0.1, 0.15) is 17.5 Å². The van der Waals surface area contributed by atoms with Gasteiger partial charge in [0.2, 0.25) is 0 Å². The lowest BCUT2D eigenvalue weighted by molar-refractivity contribution is 0.0527. The van der Waals surface area contributed by atoms with E-state index in [9.17, 15) is 8.78 Å². The van der Waals surface area contributed by atoms with E-state index in [2.05, 4.69) is 0 Å². The largest absolute Gasteiger partial charge is 0.497 e. The molecule has 0 aliphatic heterocycles. The van der Waals surface area contributed by atoms with E-state index in [1.54, 1.807) is 12.1 Å². The van der Waals surface area contributed by atoms with Crippen molar-refractivity contribution in [2.75, 3.05) is 7.11 Å². The Labute approximate surface area is 87.0 Å². The summed E-state index contributed by atoms with van der Waals surface area (Å²) in [5.41, 5.74) is 5.66. The van der Waals surface area contributed by atoms with Crippen molar-refractivity contribution in [3.8, 4) is 5.75 Å². The van der Waals surface area contributed by atoms with Gasteiger partial charge < -0.3 is 10.5 Å². The van der Waals surface area contributed by atoms with Gasteiger partial charge in [-0.25, -0.2) is 8.78 Å². The minimum absolute atomic E-state index is 0.299. The summed E-state index contributed by atoms with van der Waals surface area (Å²) in [6, 6.07) is 5.20. The summed E-state index contributed by atoms with van der Waals surface area (Å²) in [6.07, 6.45) is -1.63. The normalized spacial score (nSPS) is 24.3. The molecule has 0 amide bonds. The van der Waals surface area contributed by atoms with Gasteiger partial charge in [-0.1, -0.05) is 6.07 Å². The van der Waals surface area contributed by atoms with E-state index in [0.717, 1.165) is 5.56 Å². The number of benzene rings is 1. The summed E-state index contributed by atoms with van der Waals surface area (Å²) in [4.78, 5) is 0. The lowest BCUT2D eigenvalue weighted by Crippen LogP contribution is -2.41. The van der Waals surface area contributed by atoms with Gasteiger partial charge >= 0.3 is 0 Å². The highest BCUT2D eigenvalue weighted by Crippen LogP contribution is 2.40. The van der Waals surface area contributed by atoms with Crippen LogP contribution in [0.2, 0.25) is 0 Å². The second kappa shape index (κ2) is 3.45. The molecule has 1 aromatic rings. The average Bonchev–Trinajstić information content (AvgIpc) is 2.57. The third-order valence-corrected chi connectivity index (χ3v) is 3.02. The van der Waals surface area contributed by atoms with E-state index in [1.807, 2.05) is 6.07 Å². The summed E-state index contributed by atoms with van der Waals surface area (Å²) in [6.45, 7) is 0. The van der Waals surface area contributed by atoms with E-state index in [0.29, 0.717) is 24.2 Å². The number of alkyl halides is 2. The molecule has 0 heterocycles. The molecular formula is C11H13F2NO. The van der Waals surface area contributed by atoms with Gasteiger partial charge in [0.15, 0.2) is 0 Å². The third-order valence-electron chi connectivity index (χ3n) is 3.02. The minimum atomic E-state index is -2.54. The molecule has 4 heteroatoms. The topological polar surface area (TPSA) is 35.2 Å². The summed E-state index contributed by atoms with van der Waals surface area (Å²) < 4.78 is 30.8. The van der Waals surface area contributed by atoms with Crippen LogP contribution in [-0.4, -0.2) is 13.5 Å². The number of fused-ring (bicyclic) bond motifs is 1. The molecule has 1 unspecified atom stereocenters. The van der Waals surface area contributed by atoms with Crippen molar-refractivity contribution in [3.05, 3.63) is 29.3 Å². The number of rotatable bonds is 2. The first-order valence-electron chi connectivity index (χ1n) is 4.82. The van der Waals surface area contributed by atoms with Crippen LogP contribution in [-0.2, 0) is 12.0 Å². The average molecular weight is 213 g/mol. The summed E-state index contributed by atoms with van der Waals surface area (Å²) in [7, 11) is 1.51. The van der Waals surface area contributed by atoms with Gasteiger partial charge in [-0.15, -0.1) is 0 Å². The third kappa shape index (κ3) is 1.49. The van der Waals surface area contributed by atoms with Crippen molar-refractivity contribution < 1.29 is 13.5 Å². The van der Waals surface area contributed by atoms with Crippen LogP contribution in [0.25, 0.3) is 0 Å². The zero-order chi connectivity index (χ0) is 11.1. The lowest BCUT2D eigenvalue weighted by Gasteiger charge is -2.24. The van der Waals surface area contributed by atoms with E-state index in [1.165, 1.54) is 7.11 Å². The van der Waals surface area contributed by atoms with Gasteiger partial charge in [0.1, 0.15) is 11.3 Å². The lowest BCUT2D eigenvalue weighted by atomic mass is 9.93. The molecule has 0 radical (unpaired) electrons. The molecule has 2 N–H and O–H groups in total.